The smallest absolute Gasteiger partial charge is 0.223 e. The van der Waals surface area contributed by atoms with Crippen LogP contribution in [0.4, 0.5) is 0 Å². The van der Waals surface area contributed by atoms with E-state index in [-0.39, 0.29) is 5.41 Å². The maximum absolute atomic E-state index is 12.1. The highest BCUT2D eigenvalue weighted by Crippen LogP contribution is 2.30. The minimum absolute atomic E-state index is 0.112. The van der Waals surface area contributed by atoms with Crippen molar-refractivity contribution in [3.8, 4) is 0 Å². The van der Waals surface area contributed by atoms with Gasteiger partial charge in [0.15, 0.2) is 0 Å². The van der Waals surface area contributed by atoms with Gasteiger partial charge in [0, 0.05) is 19.0 Å². The van der Waals surface area contributed by atoms with E-state index in [1.165, 1.54) is 12.8 Å². The molecule has 1 rings (SSSR count). The van der Waals surface area contributed by atoms with Gasteiger partial charge >= 0.3 is 0 Å². The van der Waals surface area contributed by atoms with Gasteiger partial charge in [-0.25, -0.2) is 0 Å². The molecule has 1 saturated carbocycles. The molecule has 0 spiro atoms. The zero-order valence-corrected chi connectivity index (χ0v) is 10.8. The molecule has 0 aromatic heterocycles. The molecule has 0 bridgehead atoms. The quantitative estimate of drug-likeness (QED) is 0.700. The van der Waals surface area contributed by atoms with Crippen molar-refractivity contribution in [1.82, 2.24) is 4.90 Å². The van der Waals surface area contributed by atoms with Crippen LogP contribution in [-0.2, 0) is 4.79 Å². The van der Waals surface area contributed by atoms with Crippen LogP contribution in [0.1, 0.15) is 53.9 Å². The van der Waals surface area contributed by atoms with Crippen molar-refractivity contribution < 1.29 is 4.79 Å². The van der Waals surface area contributed by atoms with Crippen molar-refractivity contribution in [2.24, 2.45) is 11.3 Å². The summed E-state index contributed by atoms with van der Waals surface area (Å²) in [7, 11) is 0. The van der Waals surface area contributed by atoms with Crippen LogP contribution in [0.2, 0.25) is 0 Å². The molecule has 0 atom stereocenters. The predicted molar refractivity (Wildman–Crippen MR) is 63.6 cm³/mol. The van der Waals surface area contributed by atoms with Crippen molar-refractivity contribution in [2.45, 2.75) is 59.9 Å². The molecule has 1 aliphatic rings. The third-order valence-electron chi connectivity index (χ3n) is 2.55. The molecule has 0 heterocycles. The third-order valence-corrected chi connectivity index (χ3v) is 2.55. The van der Waals surface area contributed by atoms with Gasteiger partial charge in [-0.05, 0) is 24.2 Å². The van der Waals surface area contributed by atoms with Crippen LogP contribution in [0.5, 0.6) is 0 Å². The number of hydrogen-bond acceptors (Lipinski definition) is 1. The number of nitrogens with zero attached hydrogens (tertiary/aromatic N) is 1. The first kappa shape index (κ1) is 12.5. The highest BCUT2D eigenvalue weighted by atomic mass is 16.2. The van der Waals surface area contributed by atoms with E-state index in [1.807, 2.05) is 0 Å². The SMILES string of the molecule is CC(C)CN(C(=O)CC(C)(C)C)C1CC1. The first-order valence-electron chi connectivity index (χ1n) is 6.09. The maximum Gasteiger partial charge on any atom is 0.223 e. The molecule has 1 aliphatic carbocycles. The summed E-state index contributed by atoms with van der Waals surface area (Å²) in [5.41, 5.74) is 0.112. The third kappa shape index (κ3) is 4.67. The van der Waals surface area contributed by atoms with Crippen LogP contribution in [-0.4, -0.2) is 23.4 Å². The molecule has 1 fully saturated rings. The van der Waals surface area contributed by atoms with Crippen molar-refractivity contribution in [3.63, 3.8) is 0 Å². The van der Waals surface area contributed by atoms with E-state index >= 15 is 0 Å². The van der Waals surface area contributed by atoms with Gasteiger partial charge in [-0.15, -0.1) is 0 Å². The Balaban J connectivity index is 2.51. The molecule has 1 amide bonds. The fourth-order valence-corrected chi connectivity index (χ4v) is 1.79. The summed E-state index contributed by atoms with van der Waals surface area (Å²) in [6.07, 6.45) is 3.10. The van der Waals surface area contributed by atoms with Crippen LogP contribution in [0.15, 0.2) is 0 Å². The average Bonchev–Trinajstić information content (AvgIpc) is 2.78. The molecular formula is C13H25NO. The number of carbonyl (C=O) groups excluding carboxylic acids is 1. The van der Waals surface area contributed by atoms with E-state index < -0.39 is 0 Å². The minimum atomic E-state index is 0.112. The molecule has 0 aromatic rings. The summed E-state index contributed by atoms with van der Waals surface area (Å²) >= 11 is 0. The van der Waals surface area contributed by atoms with Crippen molar-refractivity contribution in [2.75, 3.05) is 6.54 Å². The van der Waals surface area contributed by atoms with E-state index in [1.54, 1.807) is 0 Å². The Kier molecular flexibility index (Phi) is 3.80. The lowest BCUT2D eigenvalue weighted by Gasteiger charge is -2.28. The van der Waals surface area contributed by atoms with Gasteiger partial charge in [0.05, 0.1) is 0 Å². The summed E-state index contributed by atoms with van der Waals surface area (Å²) in [4.78, 5) is 14.2. The van der Waals surface area contributed by atoms with Gasteiger partial charge in [0.2, 0.25) is 5.91 Å². The van der Waals surface area contributed by atoms with Crippen LogP contribution in [0.25, 0.3) is 0 Å². The molecule has 0 unspecified atom stereocenters. The van der Waals surface area contributed by atoms with Gasteiger partial charge in [0.25, 0.3) is 0 Å². The first-order chi connectivity index (χ1) is 6.79. The van der Waals surface area contributed by atoms with Gasteiger partial charge in [-0.2, -0.15) is 0 Å². The molecule has 2 heteroatoms. The number of amides is 1. The van der Waals surface area contributed by atoms with E-state index in [0.29, 0.717) is 24.3 Å². The van der Waals surface area contributed by atoms with Crippen LogP contribution < -0.4 is 0 Å². The Morgan fingerprint density at radius 1 is 1.33 bits per heavy atom. The second-order valence-electron chi connectivity index (χ2n) is 6.41. The van der Waals surface area contributed by atoms with Crippen LogP contribution in [0.3, 0.4) is 0 Å². The lowest BCUT2D eigenvalue weighted by Crippen LogP contribution is -2.37. The minimum Gasteiger partial charge on any atom is -0.339 e. The highest BCUT2D eigenvalue weighted by Gasteiger charge is 2.33. The lowest BCUT2D eigenvalue weighted by molar-refractivity contribution is -0.134. The molecule has 2 nitrogen and oxygen atoms in total. The molecule has 0 saturated heterocycles. The number of hydrogen-bond donors (Lipinski definition) is 0. The Labute approximate surface area is 94.0 Å². The van der Waals surface area contributed by atoms with Crippen LogP contribution in [0, 0.1) is 11.3 Å². The number of carbonyl (C=O) groups is 1. The maximum atomic E-state index is 12.1. The molecule has 88 valence electrons. The van der Waals surface area contributed by atoms with E-state index in [2.05, 4.69) is 39.5 Å². The van der Waals surface area contributed by atoms with E-state index in [0.717, 1.165) is 6.54 Å². The second kappa shape index (κ2) is 4.54. The van der Waals surface area contributed by atoms with Crippen molar-refractivity contribution in [3.05, 3.63) is 0 Å². The largest absolute Gasteiger partial charge is 0.339 e. The molecular weight excluding hydrogens is 186 g/mol. The van der Waals surface area contributed by atoms with Gasteiger partial charge < -0.3 is 4.90 Å². The lowest BCUT2D eigenvalue weighted by atomic mass is 9.91. The topological polar surface area (TPSA) is 20.3 Å². The zero-order valence-electron chi connectivity index (χ0n) is 10.8. The van der Waals surface area contributed by atoms with E-state index in [9.17, 15) is 4.79 Å². The highest BCUT2D eigenvalue weighted by molar-refractivity contribution is 5.77. The Hall–Kier alpha value is -0.530. The van der Waals surface area contributed by atoms with E-state index in [4.69, 9.17) is 0 Å². The Bertz CT molecular complexity index is 223. The first-order valence-corrected chi connectivity index (χ1v) is 6.09. The second-order valence-corrected chi connectivity index (χ2v) is 6.41. The summed E-state index contributed by atoms with van der Waals surface area (Å²) in [6, 6.07) is 0.558. The molecule has 0 radical (unpaired) electrons. The molecule has 0 N–H and O–H groups in total. The normalized spacial score (nSPS) is 16.9. The predicted octanol–water partition coefficient (Wildman–Crippen LogP) is 3.07. The molecule has 0 aliphatic heterocycles. The zero-order chi connectivity index (χ0) is 11.6. The summed E-state index contributed by atoms with van der Waals surface area (Å²) < 4.78 is 0. The van der Waals surface area contributed by atoms with Gasteiger partial charge in [0.1, 0.15) is 0 Å². The summed E-state index contributed by atoms with van der Waals surface area (Å²) in [5.74, 6) is 0.924. The summed E-state index contributed by atoms with van der Waals surface area (Å²) in [5, 5.41) is 0. The van der Waals surface area contributed by atoms with Crippen molar-refractivity contribution in [1.29, 1.82) is 0 Å². The standard InChI is InChI=1S/C13H25NO/c1-10(2)9-14(11-6-7-11)12(15)8-13(3,4)5/h10-11H,6-9H2,1-5H3. The molecule has 15 heavy (non-hydrogen) atoms. The van der Waals surface area contributed by atoms with Gasteiger partial charge in [-0.1, -0.05) is 34.6 Å². The fourth-order valence-electron chi connectivity index (χ4n) is 1.79. The Morgan fingerprint density at radius 2 is 1.87 bits per heavy atom. The van der Waals surface area contributed by atoms with Crippen LogP contribution >= 0.6 is 0 Å². The summed E-state index contributed by atoms with van der Waals surface area (Å²) in [6.45, 7) is 11.7. The van der Waals surface area contributed by atoms with Gasteiger partial charge in [-0.3, -0.25) is 4.79 Å². The molecule has 0 aromatic carbocycles. The fraction of sp³-hybridized carbons (Fsp3) is 0.923. The Morgan fingerprint density at radius 3 is 2.20 bits per heavy atom. The van der Waals surface area contributed by atoms with Crippen molar-refractivity contribution >= 4 is 5.91 Å². The number of rotatable bonds is 4. The monoisotopic (exact) mass is 211 g/mol. The average molecular weight is 211 g/mol.